The van der Waals surface area contributed by atoms with E-state index in [1.807, 2.05) is 42.5 Å². The van der Waals surface area contributed by atoms with Gasteiger partial charge in [-0.1, -0.05) is 54.1 Å². The lowest BCUT2D eigenvalue weighted by Gasteiger charge is -2.24. The molecule has 1 aliphatic rings. The number of hydrogen-bond acceptors (Lipinski definition) is 3. The van der Waals surface area contributed by atoms with Crippen molar-refractivity contribution in [3.05, 3.63) is 99.8 Å². The standard InChI is InChI=1S/C28H27ClFNO4/c1-28(16-19-6-9-23(29)10-7-19)17-22-14-20(8-11-25(22)35-28)15-26(32)31(18-27(33)34)13-12-21-4-2-3-5-24(21)30/h2-11,14H,12-13,15-18H2,1H3,(H,33,34)/t28-/m1/s1. The molecule has 0 radical (unpaired) electrons. The molecule has 5 nitrogen and oxygen atoms in total. The van der Waals surface area contributed by atoms with Crippen molar-refractivity contribution < 1.29 is 23.8 Å². The van der Waals surface area contributed by atoms with Gasteiger partial charge in [-0.25, -0.2) is 4.39 Å². The first kappa shape index (κ1) is 24.7. The van der Waals surface area contributed by atoms with Crippen molar-refractivity contribution in [3.63, 3.8) is 0 Å². The summed E-state index contributed by atoms with van der Waals surface area (Å²) in [5.41, 5.74) is 2.97. The van der Waals surface area contributed by atoms with Gasteiger partial charge in [-0.05, 0) is 59.9 Å². The first-order chi connectivity index (χ1) is 16.7. The number of benzene rings is 3. The summed E-state index contributed by atoms with van der Waals surface area (Å²) in [5, 5.41) is 9.97. The van der Waals surface area contributed by atoms with Crippen molar-refractivity contribution in [2.45, 2.75) is 38.2 Å². The van der Waals surface area contributed by atoms with Gasteiger partial charge < -0.3 is 14.7 Å². The van der Waals surface area contributed by atoms with E-state index in [0.29, 0.717) is 17.0 Å². The molecular weight excluding hydrogens is 469 g/mol. The Morgan fingerprint density at radius 1 is 1.09 bits per heavy atom. The predicted octanol–water partition coefficient (Wildman–Crippen LogP) is 5.11. The van der Waals surface area contributed by atoms with Crippen LogP contribution in [0.3, 0.4) is 0 Å². The van der Waals surface area contributed by atoms with Crippen molar-refractivity contribution >= 4 is 23.5 Å². The van der Waals surface area contributed by atoms with Crippen molar-refractivity contribution in [2.24, 2.45) is 0 Å². The minimum Gasteiger partial charge on any atom is -0.487 e. The number of aliphatic carboxylic acids is 1. The molecule has 0 saturated carbocycles. The molecule has 0 bridgehead atoms. The maximum absolute atomic E-state index is 14.0. The van der Waals surface area contributed by atoms with Crippen LogP contribution in [0.1, 0.15) is 29.2 Å². The van der Waals surface area contributed by atoms with Crippen LogP contribution < -0.4 is 4.74 Å². The molecule has 1 amide bonds. The molecular formula is C28H27ClFNO4. The molecule has 4 rings (SSSR count). The van der Waals surface area contributed by atoms with E-state index in [9.17, 15) is 19.1 Å². The third kappa shape index (κ3) is 6.40. The van der Waals surface area contributed by atoms with Crippen LogP contribution in [-0.4, -0.2) is 40.6 Å². The summed E-state index contributed by atoms with van der Waals surface area (Å²) in [7, 11) is 0. The largest absolute Gasteiger partial charge is 0.487 e. The molecule has 0 fully saturated rings. The fraction of sp³-hybridized carbons (Fsp3) is 0.286. The van der Waals surface area contributed by atoms with E-state index in [1.165, 1.54) is 11.0 Å². The molecule has 1 N–H and O–H groups in total. The third-order valence-corrected chi connectivity index (χ3v) is 6.43. The molecule has 0 aliphatic carbocycles. The van der Waals surface area contributed by atoms with Crippen LogP contribution in [0.5, 0.6) is 5.75 Å². The lowest BCUT2D eigenvalue weighted by atomic mass is 9.91. The van der Waals surface area contributed by atoms with Gasteiger partial charge in [0.05, 0.1) is 6.42 Å². The van der Waals surface area contributed by atoms with Crippen LogP contribution in [0.4, 0.5) is 4.39 Å². The maximum atomic E-state index is 14.0. The normalized spacial score (nSPS) is 16.4. The number of carboxylic acid groups (broad SMARTS) is 1. The van der Waals surface area contributed by atoms with E-state index in [2.05, 4.69) is 6.92 Å². The fourth-order valence-corrected chi connectivity index (χ4v) is 4.64. The first-order valence-corrected chi connectivity index (χ1v) is 11.9. The van der Waals surface area contributed by atoms with Gasteiger partial charge in [0.2, 0.25) is 5.91 Å². The van der Waals surface area contributed by atoms with E-state index >= 15 is 0 Å². The summed E-state index contributed by atoms with van der Waals surface area (Å²) in [6, 6.07) is 19.7. The molecule has 35 heavy (non-hydrogen) atoms. The number of carbonyl (C=O) groups excluding carboxylic acids is 1. The Balaban J connectivity index is 1.42. The van der Waals surface area contributed by atoms with Crippen molar-refractivity contribution in [3.8, 4) is 5.75 Å². The number of carbonyl (C=O) groups is 2. The number of rotatable bonds is 9. The number of fused-ring (bicyclic) bond motifs is 1. The van der Waals surface area contributed by atoms with Crippen LogP contribution in [0.15, 0.2) is 66.7 Å². The molecule has 3 aromatic rings. The van der Waals surface area contributed by atoms with Crippen molar-refractivity contribution in [1.29, 1.82) is 0 Å². The van der Waals surface area contributed by atoms with Gasteiger partial charge in [0.15, 0.2) is 0 Å². The lowest BCUT2D eigenvalue weighted by molar-refractivity contribution is -0.144. The van der Waals surface area contributed by atoms with E-state index in [1.54, 1.807) is 18.2 Å². The number of hydrogen-bond donors (Lipinski definition) is 1. The second kappa shape index (κ2) is 10.5. The van der Waals surface area contributed by atoms with Crippen LogP contribution in [0.2, 0.25) is 5.02 Å². The number of nitrogens with zero attached hydrogens (tertiary/aromatic N) is 1. The topological polar surface area (TPSA) is 66.8 Å². The Morgan fingerprint density at radius 3 is 2.51 bits per heavy atom. The summed E-state index contributed by atoms with van der Waals surface area (Å²) in [6.45, 7) is 1.75. The average Bonchev–Trinajstić information content (AvgIpc) is 3.14. The Kier molecular flexibility index (Phi) is 7.41. The van der Waals surface area contributed by atoms with E-state index in [0.717, 1.165) is 28.9 Å². The summed E-state index contributed by atoms with van der Waals surface area (Å²) in [5.74, 6) is -0.992. The highest BCUT2D eigenvalue weighted by Crippen LogP contribution is 2.37. The molecule has 0 spiro atoms. The average molecular weight is 496 g/mol. The summed E-state index contributed by atoms with van der Waals surface area (Å²) >= 11 is 5.99. The van der Waals surface area contributed by atoms with E-state index in [4.69, 9.17) is 16.3 Å². The lowest BCUT2D eigenvalue weighted by Crippen LogP contribution is -2.38. The van der Waals surface area contributed by atoms with Crippen LogP contribution in [0, 0.1) is 5.82 Å². The van der Waals surface area contributed by atoms with Gasteiger partial charge in [-0.3, -0.25) is 9.59 Å². The predicted molar refractivity (Wildman–Crippen MR) is 132 cm³/mol. The number of halogens is 2. The highest BCUT2D eigenvalue weighted by atomic mass is 35.5. The van der Waals surface area contributed by atoms with Gasteiger partial charge in [0.1, 0.15) is 23.7 Å². The summed E-state index contributed by atoms with van der Waals surface area (Å²) < 4.78 is 20.2. The fourth-order valence-electron chi connectivity index (χ4n) is 4.52. The SMILES string of the molecule is C[C@@]1(Cc2ccc(Cl)cc2)Cc2cc(CC(=O)N(CCc3ccccc3F)CC(=O)O)ccc2O1. The maximum Gasteiger partial charge on any atom is 0.323 e. The third-order valence-electron chi connectivity index (χ3n) is 6.18. The van der Waals surface area contributed by atoms with Crippen LogP contribution >= 0.6 is 11.6 Å². The Morgan fingerprint density at radius 2 is 1.80 bits per heavy atom. The molecule has 7 heteroatoms. The second-order valence-corrected chi connectivity index (χ2v) is 9.64. The van der Waals surface area contributed by atoms with Gasteiger partial charge in [-0.15, -0.1) is 0 Å². The Labute approximate surface area is 209 Å². The second-order valence-electron chi connectivity index (χ2n) is 9.20. The molecule has 1 heterocycles. The van der Waals surface area contributed by atoms with E-state index < -0.39 is 18.1 Å². The van der Waals surface area contributed by atoms with Crippen LogP contribution in [0.25, 0.3) is 0 Å². The Hall–Kier alpha value is -3.38. The first-order valence-electron chi connectivity index (χ1n) is 11.5. The molecule has 0 aromatic heterocycles. The molecule has 1 atom stereocenters. The Bertz CT molecular complexity index is 1230. The monoisotopic (exact) mass is 495 g/mol. The highest BCUT2D eigenvalue weighted by Gasteiger charge is 2.35. The molecule has 1 aliphatic heterocycles. The van der Waals surface area contributed by atoms with Gasteiger partial charge in [0.25, 0.3) is 0 Å². The molecule has 0 unspecified atom stereocenters. The number of amides is 1. The van der Waals surface area contributed by atoms with Crippen molar-refractivity contribution in [1.82, 2.24) is 4.90 Å². The summed E-state index contributed by atoms with van der Waals surface area (Å²) in [4.78, 5) is 25.6. The highest BCUT2D eigenvalue weighted by molar-refractivity contribution is 6.30. The number of ether oxygens (including phenoxy) is 1. The zero-order chi connectivity index (χ0) is 25.0. The molecule has 0 saturated heterocycles. The zero-order valence-electron chi connectivity index (χ0n) is 19.5. The number of carboxylic acids is 1. The minimum atomic E-state index is -1.10. The van der Waals surface area contributed by atoms with Gasteiger partial charge >= 0.3 is 5.97 Å². The quantitative estimate of drug-likeness (QED) is 0.448. The van der Waals surface area contributed by atoms with Crippen molar-refractivity contribution in [2.75, 3.05) is 13.1 Å². The van der Waals surface area contributed by atoms with Gasteiger partial charge in [-0.2, -0.15) is 0 Å². The van der Waals surface area contributed by atoms with E-state index in [-0.39, 0.29) is 31.1 Å². The van der Waals surface area contributed by atoms with Gasteiger partial charge in [0, 0.05) is 24.4 Å². The molecule has 3 aromatic carbocycles. The summed E-state index contributed by atoms with van der Waals surface area (Å²) in [6.07, 6.45) is 1.72. The smallest absolute Gasteiger partial charge is 0.323 e. The minimum absolute atomic E-state index is 0.0612. The zero-order valence-corrected chi connectivity index (χ0v) is 20.2. The molecule has 182 valence electrons. The van der Waals surface area contributed by atoms with Crippen LogP contribution in [-0.2, 0) is 35.3 Å².